The third kappa shape index (κ3) is 3.79. The van der Waals surface area contributed by atoms with Gasteiger partial charge in [0.2, 0.25) is 0 Å². The molecule has 3 heterocycles. The van der Waals surface area contributed by atoms with Crippen LogP contribution in [0.5, 0.6) is 0 Å². The van der Waals surface area contributed by atoms with Crippen molar-refractivity contribution in [3.63, 3.8) is 0 Å². The number of hydrogen-bond acceptors (Lipinski definition) is 4. The highest BCUT2D eigenvalue weighted by atomic mass is 35.5. The molecule has 0 unspecified atom stereocenters. The summed E-state index contributed by atoms with van der Waals surface area (Å²) in [4.78, 5) is 18.6. The molecule has 1 aromatic carbocycles. The molecule has 0 spiro atoms. The number of benzene rings is 1. The van der Waals surface area contributed by atoms with Crippen molar-refractivity contribution in [2.45, 2.75) is 32.0 Å². The minimum Gasteiger partial charge on any atom is -0.362 e. The number of aryl methyl sites for hydroxylation is 1. The first kappa shape index (κ1) is 20.4. The molecule has 0 saturated carbocycles. The number of rotatable bonds is 3. The summed E-state index contributed by atoms with van der Waals surface area (Å²) < 4.78 is 39.1. The van der Waals surface area contributed by atoms with Crippen LogP contribution in [0.1, 0.15) is 35.6 Å². The zero-order valence-electron chi connectivity index (χ0n) is 16.0. The molecule has 1 fully saturated rings. The SMILES string of the molecule is Cc1cccc([C@@H]2CCCN2c2cnn(-c3ccc(C(F)(F)F)cn3)c(=O)c2Cl)c1. The lowest BCUT2D eigenvalue weighted by Crippen LogP contribution is -2.29. The number of aromatic nitrogens is 3. The van der Waals surface area contributed by atoms with Crippen LogP contribution in [0.3, 0.4) is 0 Å². The Balaban J connectivity index is 1.68. The lowest BCUT2D eigenvalue weighted by atomic mass is 10.0. The minimum absolute atomic E-state index is 0.0295. The smallest absolute Gasteiger partial charge is 0.362 e. The fraction of sp³-hybridized carbons (Fsp3) is 0.286. The molecular weight excluding hydrogens is 417 g/mol. The van der Waals surface area contributed by atoms with E-state index in [1.54, 1.807) is 0 Å². The second-order valence-corrected chi connectivity index (χ2v) is 7.61. The Morgan fingerprint density at radius 1 is 1.17 bits per heavy atom. The molecule has 2 aromatic heterocycles. The molecule has 1 saturated heterocycles. The molecule has 9 heteroatoms. The molecule has 0 amide bonds. The van der Waals surface area contributed by atoms with Crippen LogP contribution in [0, 0.1) is 6.92 Å². The van der Waals surface area contributed by atoms with Gasteiger partial charge in [0.25, 0.3) is 5.56 Å². The minimum atomic E-state index is -4.51. The maximum absolute atomic E-state index is 12.8. The second kappa shape index (κ2) is 7.75. The van der Waals surface area contributed by atoms with Crippen LogP contribution >= 0.6 is 11.6 Å². The number of hydrogen-bond donors (Lipinski definition) is 0. The largest absolute Gasteiger partial charge is 0.417 e. The quantitative estimate of drug-likeness (QED) is 0.585. The van der Waals surface area contributed by atoms with E-state index in [2.05, 4.69) is 21.0 Å². The third-order valence-corrected chi connectivity index (χ3v) is 5.54. The first-order valence-corrected chi connectivity index (χ1v) is 9.78. The Kier molecular flexibility index (Phi) is 5.27. The zero-order valence-corrected chi connectivity index (χ0v) is 16.8. The summed E-state index contributed by atoms with van der Waals surface area (Å²) in [6, 6.07) is 10.2. The summed E-state index contributed by atoms with van der Waals surface area (Å²) in [6.45, 7) is 2.75. The Labute approximate surface area is 175 Å². The molecule has 0 radical (unpaired) electrons. The standard InChI is InChI=1S/C21H18ClF3N4O/c1-13-4-2-5-14(10-13)16-6-3-9-28(16)17-12-27-29(20(30)19(17)22)18-8-7-15(11-26-18)21(23,24)25/h2,4-5,7-8,10-12,16H,3,6,9H2,1H3/t16-/m0/s1. The van der Waals surface area contributed by atoms with Gasteiger partial charge in [-0.05, 0) is 37.5 Å². The normalized spacial score (nSPS) is 16.8. The van der Waals surface area contributed by atoms with Crippen molar-refractivity contribution in [1.82, 2.24) is 14.8 Å². The van der Waals surface area contributed by atoms with E-state index < -0.39 is 17.3 Å². The molecule has 3 aromatic rings. The summed E-state index contributed by atoms with van der Waals surface area (Å²) in [5.74, 6) is -0.0295. The predicted molar refractivity (Wildman–Crippen MR) is 108 cm³/mol. The van der Waals surface area contributed by atoms with Gasteiger partial charge in [-0.25, -0.2) is 4.98 Å². The third-order valence-electron chi connectivity index (χ3n) is 5.18. The number of anilines is 1. The molecule has 5 nitrogen and oxygen atoms in total. The van der Waals surface area contributed by atoms with Crippen LogP contribution in [0.2, 0.25) is 5.02 Å². The van der Waals surface area contributed by atoms with E-state index in [9.17, 15) is 18.0 Å². The number of pyridine rings is 1. The van der Waals surface area contributed by atoms with Crippen molar-refractivity contribution in [2.75, 3.05) is 11.4 Å². The van der Waals surface area contributed by atoms with Crippen LogP contribution in [0.25, 0.3) is 5.82 Å². The van der Waals surface area contributed by atoms with Crippen molar-refractivity contribution >= 4 is 17.3 Å². The molecule has 1 aliphatic rings. The highest BCUT2D eigenvalue weighted by Crippen LogP contribution is 2.38. The maximum atomic E-state index is 12.8. The monoisotopic (exact) mass is 434 g/mol. The second-order valence-electron chi connectivity index (χ2n) is 7.23. The molecule has 1 aliphatic heterocycles. The van der Waals surface area contributed by atoms with Gasteiger partial charge in [-0.3, -0.25) is 4.79 Å². The summed E-state index contributed by atoms with van der Waals surface area (Å²) in [6.07, 6.45) is -0.509. The van der Waals surface area contributed by atoms with Gasteiger partial charge < -0.3 is 4.90 Å². The van der Waals surface area contributed by atoms with Crippen LogP contribution in [-0.2, 0) is 6.18 Å². The van der Waals surface area contributed by atoms with Crippen molar-refractivity contribution in [1.29, 1.82) is 0 Å². The molecule has 156 valence electrons. The van der Waals surface area contributed by atoms with E-state index in [0.717, 1.165) is 47.3 Å². The highest BCUT2D eigenvalue weighted by Gasteiger charge is 2.31. The van der Waals surface area contributed by atoms with Crippen molar-refractivity contribution in [2.24, 2.45) is 0 Å². The van der Waals surface area contributed by atoms with Gasteiger partial charge in [-0.15, -0.1) is 0 Å². The zero-order chi connectivity index (χ0) is 21.5. The van der Waals surface area contributed by atoms with E-state index in [4.69, 9.17) is 11.6 Å². The van der Waals surface area contributed by atoms with Gasteiger partial charge in [-0.1, -0.05) is 41.4 Å². The van der Waals surface area contributed by atoms with E-state index in [-0.39, 0.29) is 16.9 Å². The molecule has 0 aliphatic carbocycles. The Hall–Kier alpha value is -2.87. The number of halogens is 4. The van der Waals surface area contributed by atoms with Gasteiger partial charge in [0, 0.05) is 12.7 Å². The summed E-state index contributed by atoms with van der Waals surface area (Å²) >= 11 is 6.39. The van der Waals surface area contributed by atoms with Crippen LogP contribution in [0.4, 0.5) is 18.9 Å². The van der Waals surface area contributed by atoms with Gasteiger partial charge in [-0.2, -0.15) is 23.0 Å². The van der Waals surface area contributed by atoms with E-state index >= 15 is 0 Å². The predicted octanol–water partition coefficient (Wildman–Crippen LogP) is 4.95. The number of nitrogens with zero attached hydrogens (tertiary/aromatic N) is 4. The maximum Gasteiger partial charge on any atom is 0.417 e. The lowest BCUT2D eigenvalue weighted by molar-refractivity contribution is -0.137. The van der Waals surface area contributed by atoms with E-state index in [1.807, 2.05) is 25.1 Å². The van der Waals surface area contributed by atoms with Gasteiger partial charge in [0.1, 0.15) is 5.02 Å². The summed E-state index contributed by atoms with van der Waals surface area (Å²) in [7, 11) is 0. The number of alkyl halides is 3. The van der Waals surface area contributed by atoms with Crippen LogP contribution in [-0.4, -0.2) is 21.3 Å². The first-order valence-electron chi connectivity index (χ1n) is 9.40. The average molecular weight is 435 g/mol. The Bertz CT molecular complexity index is 1130. The van der Waals surface area contributed by atoms with Crippen LogP contribution < -0.4 is 10.5 Å². The molecule has 30 heavy (non-hydrogen) atoms. The van der Waals surface area contributed by atoms with Gasteiger partial charge in [0.15, 0.2) is 5.82 Å². The molecular formula is C21H18ClF3N4O. The topological polar surface area (TPSA) is 51.0 Å². The fourth-order valence-electron chi connectivity index (χ4n) is 3.75. The summed E-state index contributed by atoms with van der Waals surface area (Å²) in [5.41, 5.74) is 1.26. The average Bonchev–Trinajstić information content (AvgIpc) is 3.19. The van der Waals surface area contributed by atoms with Gasteiger partial charge >= 0.3 is 6.18 Å². The molecule has 1 atom stereocenters. The Morgan fingerprint density at radius 3 is 2.63 bits per heavy atom. The Morgan fingerprint density at radius 2 is 1.97 bits per heavy atom. The van der Waals surface area contributed by atoms with E-state index in [1.165, 1.54) is 6.20 Å². The highest BCUT2D eigenvalue weighted by molar-refractivity contribution is 6.33. The van der Waals surface area contributed by atoms with Crippen molar-refractivity contribution in [3.8, 4) is 5.82 Å². The first-order chi connectivity index (χ1) is 14.3. The van der Waals surface area contributed by atoms with E-state index in [0.29, 0.717) is 11.9 Å². The summed E-state index contributed by atoms with van der Waals surface area (Å²) in [5, 5.41) is 4.09. The van der Waals surface area contributed by atoms with Crippen molar-refractivity contribution in [3.05, 3.63) is 80.9 Å². The molecule has 0 bridgehead atoms. The molecule has 0 N–H and O–H groups in total. The fourth-order valence-corrected chi connectivity index (χ4v) is 3.98. The lowest BCUT2D eigenvalue weighted by Gasteiger charge is -2.28. The molecule has 4 rings (SSSR count). The van der Waals surface area contributed by atoms with Gasteiger partial charge in [0.05, 0.1) is 23.5 Å². The van der Waals surface area contributed by atoms with Crippen LogP contribution in [0.15, 0.2) is 53.6 Å². The van der Waals surface area contributed by atoms with Crippen molar-refractivity contribution < 1.29 is 13.2 Å².